The Morgan fingerprint density at radius 2 is 1.96 bits per heavy atom. The predicted molar refractivity (Wildman–Crippen MR) is 126 cm³/mol. The molecule has 1 aromatic carbocycles. The van der Waals surface area contributed by atoms with Gasteiger partial charge in [0.05, 0.1) is 13.2 Å². The number of ether oxygens (including phenoxy) is 1. The van der Waals surface area contributed by atoms with Crippen molar-refractivity contribution in [1.82, 2.24) is 15.1 Å². The fourth-order valence-corrected chi connectivity index (χ4v) is 4.51. The zero-order valence-electron chi connectivity index (χ0n) is 17.1. The maximum absolute atomic E-state index is 5.48. The summed E-state index contributed by atoms with van der Waals surface area (Å²) in [6.45, 7) is 11.5. The zero-order valence-corrected chi connectivity index (χ0v) is 19.4. The first-order chi connectivity index (χ1) is 13.3. The van der Waals surface area contributed by atoms with Gasteiger partial charge in [0.1, 0.15) is 0 Å². The Hall–Kier alpha value is -0.860. The van der Waals surface area contributed by atoms with Gasteiger partial charge in [0.15, 0.2) is 5.96 Å². The third-order valence-electron chi connectivity index (χ3n) is 6.17. The fourth-order valence-electron chi connectivity index (χ4n) is 4.51. The Labute approximate surface area is 186 Å². The highest BCUT2D eigenvalue weighted by Crippen LogP contribution is 2.47. The number of hydrogen-bond acceptors (Lipinski definition) is 3. The molecule has 5 nitrogen and oxygen atoms in total. The Balaban J connectivity index is 0.00000225. The van der Waals surface area contributed by atoms with E-state index >= 15 is 0 Å². The van der Waals surface area contributed by atoms with Gasteiger partial charge in [-0.1, -0.05) is 30.3 Å². The summed E-state index contributed by atoms with van der Waals surface area (Å²) >= 11 is 0. The molecule has 6 heteroatoms. The molecule has 3 fully saturated rings. The van der Waals surface area contributed by atoms with Crippen LogP contribution >= 0.6 is 24.0 Å². The molecule has 3 atom stereocenters. The number of benzene rings is 1. The molecule has 0 radical (unpaired) electrons. The summed E-state index contributed by atoms with van der Waals surface area (Å²) in [4.78, 5) is 10.1. The van der Waals surface area contributed by atoms with Crippen LogP contribution in [0.3, 0.4) is 0 Å². The average Bonchev–Trinajstić information content (AvgIpc) is 3.35. The highest BCUT2D eigenvalue weighted by molar-refractivity contribution is 14.0. The first-order valence-corrected chi connectivity index (χ1v) is 10.7. The lowest BCUT2D eigenvalue weighted by atomic mass is 10.1. The van der Waals surface area contributed by atoms with Gasteiger partial charge >= 0.3 is 0 Å². The SMILES string of the molecule is CCNC(=NCC1CC1c1ccccc1)N1CCC(CN2CCOCC2)C1.I. The van der Waals surface area contributed by atoms with E-state index in [1.54, 1.807) is 0 Å². The van der Waals surface area contributed by atoms with E-state index in [9.17, 15) is 0 Å². The molecule has 0 aromatic heterocycles. The van der Waals surface area contributed by atoms with E-state index < -0.39 is 0 Å². The molecule has 1 aromatic rings. The largest absolute Gasteiger partial charge is 0.379 e. The number of morpholine rings is 1. The van der Waals surface area contributed by atoms with Gasteiger partial charge in [-0.05, 0) is 43.1 Å². The molecule has 0 amide bonds. The number of nitrogens with one attached hydrogen (secondary N) is 1. The fraction of sp³-hybridized carbons (Fsp3) is 0.682. The summed E-state index contributed by atoms with van der Waals surface area (Å²) in [5.41, 5.74) is 1.48. The second-order valence-electron chi connectivity index (χ2n) is 8.22. The van der Waals surface area contributed by atoms with Gasteiger partial charge in [0.25, 0.3) is 0 Å². The smallest absolute Gasteiger partial charge is 0.193 e. The van der Waals surface area contributed by atoms with E-state index in [1.807, 2.05) is 0 Å². The van der Waals surface area contributed by atoms with Crippen LogP contribution in [-0.4, -0.2) is 74.8 Å². The number of guanidine groups is 1. The van der Waals surface area contributed by atoms with Gasteiger partial charge in [0, 0.05) is 45.8 Å². The second kappa shape index (κ2) is 10.8. The zero-order chi connectivity index (χ0) is 18.5. The molecular formula is C22H35IN4O. The van der Waals surface area contributed by atoms with Crippen LogP contribution in [0, 0.1) is 11.8 Å². The second-order valence-corrected chi connectivity index (χ2v) is 8.22. The lowest BCUT2D eigenvalue weighted by molar-refractivity contribution is 0.0315. The van der Waals surface area contributed by atoms with E-state index in [0.717, 1.165) is 64.4 Å². The van der Waals surface area contributed by atoms with Crippen molar-refractivity contribution in [3.63, 3.8) is 0 Å². The summed E-state index contributed by atoms with van der Waals surface area (Å²) in [6.07, 6.45) is 2.56. The molecule has 0 bridgehead atoms. The molecule has 1 N–H and O–H groups in total. The van der Waals surface area contributed by atoms with Crippen molar-refractivity contribution in [1.29, 1.82) is 0 Å². The van der Waals surface area contributed by atoms with Gasteiger partial charge in [-0.25, -0.2) is 0 Å². The molecule has 4 rings (SSSR count). The van der Waals surface area contributed by atoms with Crippen LogP contribution < -0.4 is 5.32 Å². The van der Waals surface area contributed by atoms with Gasteiger partial charge in [-0.15, -0.1) is 24.0 Å². The predicted octanol–water partition coefficient (Wildman–Crippen LogP) is 3.03. The Morgan fingerprint density at radius 1 is 1.18 bits per heavy atom. The van der Waals surface area contributed by atoms with Gasteiger partial charge < -0.3 is 15.0 Å². The minimum absolute atomic E-state index is 0. The normalized spacial score (nSPS) is 28.1. The maximum Gasteiger partial charge on any atom is 0.193 e. The molecule has 0 spiro atoms. The average molecular weight is 498 g/mol. The molecule has 28 heavy (non-hydrogen) atoms. The Kier molecular flexibility index (Phi) is 8.41. The summed E-state index contributed by atoms with van der Waals surface area (Å²) in [7, 11) is 0. The van der Waals surface area contributed by atoms with Crippen molar-refractivity contribution in [2.45, 2.75) is 25.7 Å². The molecule has 3 aliphatic rings. The summed E-state index contributed by atoms with van der Waals surface area (Å²) in [5, 5.41) is 3.53. The van der Waals surface area contributed by atoms with Crippen molar-refractivity contribution in [2.24, 2.45) is 16.8 Å². The maximum atomic E-state index is 5.48. The van der Waals surface area contributed by atoms with E-state index in [4.69, 9.17) is 9.73 Å². The van der Waals surface area contributed by atoms with Crippen LogP contribution in [0.2, 0.25) is 0 Å². The number of likely N-dealkylation sites (tertiary alicyclic amines) is 1. The van der Waals surface area contributed by atoms with E-state index in [-0.39, 0.29) is 24.0 Å². The molecular weight excluding hydrogens is 463 g/mol. The lowest BCUT2D eigenvalue weighted by Gasteiger charge is -2.29. The van der Waals surface area contributed by atoms with Gasteiger partial charge in [-0.2, -0.15) is 0 Å². The van der Waals surface area contributed by atoms with Crippen molar-refractivity contribution in [3.8, 4) is 0 Å². The van der Waals surface area contributed by atoms with E-state index in [1.165, 1.54) is 24.9 Å². The number of halogens is 1. The van der Waals surface area contributed by atoms with E-state index in [2.05, 4.69) is 52.4 Å². The number of aliphatic imine (C=N–C) groups is 1. The molecule has 2 saturated heterocycles. The monoisotopic (exact) mass is 498 g/mol. The lowest BCUT2D eigenvalue weighted by Crippen LogP contribution is -2.42. The number of rotatable bonds is 6. The minimum Gasteiger partial charge on any atom is -0.379 e. The third-order valence-corrected chi connectivity index (χ3v) is 6.17. The third kappa shape index (κ3) is 5.83. The molecule has 156 valence electrons. The highest BCUT2D eigenvalue weighted by atomic mass is 127. The van der Waals surface area contributed by atoms with E-state index in [0.29, 0.717) is 11.8 Å². The number of nitrogens with zero attached hydrogens (tertiary/aromatic N) is 3. The molecule has 1 aliphatic carbocycles. The standard InChI is InChI=1S/C22H34N4O.HI/c1-2-23-22(24-15-20-14-21(20)19-6-4-3-5-7-19)26-9-8-18(17-26)16-25-10-12-27-13-11-25;/h3-7,18,20-21H,2,8-17H2,1H3,(H,23,24);1H. The summed E-state index contributed by atoms with van der Waals surface area (Å²) in [5.74, 6) is 3.31. The van der Waals surface area contributed by atoms with Crippen molar-refractivity contribution in [2.75, 3.05) is 59.0 Å². The topological polar surface area (TPSA) is 40.1 Å². The molecule has 2 aliphatic heterocycles. The Morgan fingerprint density at radius 3 is 2.71 bits per heavy atom. The summed E-state index contributed by atoms with van der Waals surface area (Å²) < 4.78 is 5.48. The highest BCUT2D eigenvalue weighted by Gasteiger charge is 2.38. The van der Waals surface area contributed by atoms with Crippen molar-refractivity contribution in [3.05, 3.63) is 35.9 Å². The van der Waals surface area contributed by atoms with Crippen LogP contribution in [0.25, 0.3) is 0 Å². The van der Waals surface area contributed by atoms with Gasteiger partial charge in [0.2, 0.25) is 0 Å². The molecule has 1 saturated carbocycles. The number of hydrogen-bond donors (Lipinski definition) is 1. The van der Waals surface area contributed by atoms with Crippen LogP contribution in [0.15, 0.2) is 35.3 Å². The first-order valence-electron chi connectivity index (χ1n) is 10.7. The van der Waals surface area contributed by atoms with Crippen LogP contribution in [0.5, 0.6) is 0 Å². The first kappa shape index (κ1) is 21.8. The van der Waals surface area contributed by atoms with Crippen LogP contribution in [-0.2, 0) is 4.74 Å². The van der Waals surface area contributed by atoms with Crippen LogP contribution in [0.1, 0.15) is 31.2 Å². The summed E-state index contributed by atoms with van der Waals surface area (Å²) in [6, 6.07) is 10.9. The van der Waals surface area contributed by atoms with Crippen molar-refractivity contribution < 1.29 is 4.74 Å². The molecule has 2 heterocycles. The van der Waals surface area contributed by atoms with Gasteiger partial charge in [-0.3, -0.25) is 9.89 Å². The quantitative estimate of drug-likeness (QED) is 0.372. The molecule has 3 unspecified atom stereocenters. The minimum atomic E-state index is 0. The van der Waals surface area contributed by atoms with Crippen LogP contribution in [0.4, 0.5) is 0 Å². The van der Waals surface area contributed by atoms with Crippen molar-refractivity contribution >= 4 is 29.9 Å². The Bertz CT molecular complexity index is 620.